The van der Waals surface area contributed by atoms with E-state index in [1.54, 1.807) is 12.1 Å². The van der Waals surface area contributed by atoms with Crippen LogP contribution in [0.1, 0.15) is 39.0 Å². The first-order valence-corrected chi connectivity index (χ1v) is 9.91. The third kappa shape index (κ3) is 4.12. The number of hydrogen-bond acceptors (Lipinski definition) is 3. The van der Waals surface area contributed by atoms with Gasteiger partial charge in [0.05, 0.1) is 6.10 Å². The van der Waals surface area contributed by atoms with E-state index < -0.39 is 9.05 Å². The third-order valence-electron chi connectivity index (χ3n) is 3.83. The Morgan fingerprint density at radius 1 is 1.30 bits per heavy atom. The molecule has 1 saturated carbocycles. The lowest BCUT2D eigenvalue weighted by molar-refractivity contribution is 0.126. The Kier molecular flexibility index (Phi) is 5.37. The molecule has 0 aromatic heterocycles. The lowest BCUT2D eigenvalue weighted by Crippen LogP contribution is -2.24. The second kappa shape index (κ2) is 6.67. The van der Waals surface area contributed by atoms with Gasteiger partial charge in [-0.15, -0.1) is 0 Å². The van der Waals surface area contributed by atoms with Crippen molar-refractivity contribution in [3.63, 3.8) is 0 Å². The smallest absolute Gasteiger partial charge is 0.265 e. The van der Waals surface area contributed by atoms with Crippen LogP contribution >= 0.6 is 26.6 Å². The van der Waals surface area contributed by atoms with E-state index in [9.17, 15) is 8.42 Å². The van der Waals surface area contributed by atoms with Crippen molar-refractivity contribution in [3.05, 3.63) is 22.7 Å². The van der Waals surface area contributed by atoms with Crippen LogP contribution in [0.25, 0.3) is 0 Å². The van der Waals surface area contributed by atoms with Crippen LogP contribution < -0.4 is 4.74 Å². The van der Waals surface area contributed by atoms with Gasteiger partial charge in [-0.3, -0.25) is 0 Å². The van der Waals surface area contributed by atoms with E-state index in [2.05, 4.69) is 22.9 Å². The van der Waals surface area contributed by atoms with Crippen LogP contribution in [0.4, 0.5) is 0 Å². The maximum atomic E-state index is 11.6. The van der Waals surface area contributed by atoms with Gasteiger partial charge in [-0.25, -0.2) is 8.42 Å². The molecule has 0 spiro atoms. The Hall–Kier alpha value is -0.260. The second-order valence-corrected chi connectivity index (χ2v) is 8.65. The monoisotopic (exact) mass is 380 g/mol. The van der Waals surface area contributed by atoms with Crippen molar-refractivity contribution >= 4 is 35.7 Å². The van der Waals surface area contributed by atoms with Crippen LogP contribution in [0.15, 0.2) is 27.6 Å². The fraction of sp³-hybridized carbons (Fsp3) is 0.571. The average molecular weight is 382 g/mol. The molecule has 1 aliphatic rings. The van der Waals surface area contributed by atoms with Gasteiger partial charge in [-0.05, 0) is 49.8 Å². The van der Waals surface area contributed by atoms with Gasteiger partial charge >= 0.3 is 0 Å². The van der Waals surface area contributed by atoms with E-state index in [-0.39, 0.29) is 11.0 Å². The first-order valence-electron chi connectivity index (χ1n) is 6.81. The summed E-state index contributed by atoms with van der Waals surface area (Å²) >= 11 is 3.25. The molecule has 0 radical (unpaired) electrons. The summed E-state index contributed by atoms with van der Waals surface area (Å²) in [7, 11) is 1.67. The first kappa shape index (κ1) is 16.1. The molecule has 3 nitrogen and oxygen atoms in total. The van der Waals surface area contributed by atoms with Crippen molar-refractivity contribution in [2.45, 2.75) is 50.0 Å². The van der Waals surface area contributed by atoms with E-state index in [1.807, 2.05) is 0 Å². The fourth-order valence-corrected chi connectivity index (χ4v) is 4.11. The molecular weight excluding hydrogens is 364 g/mol. The lowest BCUT2D eigenvalue weighted by atomic mass is 9.86. The molecule has 112 valence electrons. The molecule has 1 aromatic carbocycles. The Labute approximate surface area is 133 Å². The topological polar surface area (TPSA) is 43.4 Å². The number of hydrogen-bond donors (Lipinski definition) is 0. The van der Waals surface area contributed by atoms with Gasteiger partial charge in [-0.1, -0.05) is 29.3 Å². The summed E-state index contributed by atoms with van der Waals surface area (Å²) in [6.07, 6.45) is 5.50. The van der Waals surface area contributed by atoms with Gasteiger partial charge in [0, 0.05) is 15.2 Å². The average Bonchev–Trinajstić information content (AvgIpc) is 2.40. The molecule has 1 aliphatic carbocycles. The van der Waals surface area contributed by atoms with Crippen LogP contribution in [0.2, 0.25) is 0 Å². The van der Waals surface area contributed by atoms with Gasteiger partial charge < -0.3 is 4.74 Å². The van der Waals surface area contributed by atoms with Crippen molar-refractivity contribution in [3.8, 4) is 5.75 Å². The molecule has 6 heteroatoms. The SMILES string of the molecule is CCC1CCC(Oc2ccc(Br)cc2S(=O)(=O)Cl)CC1. The minimum absolute atomic E-state index is 0.0335. The molecule has 0 saturated heterocycles. The van der Waals surface area contributed by atoms with E-state index in [0.29, 0.717) is 10.2 Å². The Morgan fingerprint density at radius 3 is 2.50 bits per heavy atom. The van der Waals surface area contributed by atoms with Gasteiger partial charge in [0.1, 0.15) is 10.6 Å². The van der Waals surface area contributed by atoms with E-state index >= 15 is 0 Å². The van der Waals surface area contributed by atoms with Crippen molar-refractivity contribution in [2.24, 2.45) is 5.92 Å². The Balaban J connectivity index is 2.14. The molecule has 2 rings (SSSR count). The number of halogens is 2. The normalized spacial score (nSPS) is 23.6. The number of ether oxygens (including phenoxy) is 1. The highest BCUT2D eigenvalue weighted by atomic mass is 79.9. The van der Waals surface area contributed by atoms with Gasteiger partial charge in [-0.2, -0.15) is 0 Å². The fourth-order valence-electron chi connectivity index (χ4n) is 2.61. The number of rotatable bonds is 4. The van der Waals surface area contributed by atoms with E-state index in [1.165, 1.54) is 12.5 Å². The predicted molar refractivity (Wildman–Crippen MR) is 83.8 cm³/mol. The van der Waals surface area contributed by atoms with Crippen LogP contribution in [0, 0.1) is 5.92 Å². The molecule has 0 atom stereocenters. The molecule has 0 heterocycles. The number of benzene rings is 1. The van der Waals surface area contributed by atoms with Crippen LogP contribution in [0.5, 0.6) is 5.75 Å². The van der Waals surface area contributed by atoms with Crippen molar-refractivity contribution < 1.29 is 13.2 Å². The zero-order valence-electron chi connectivity index (χ0n) is 11.3. The molecule has 0 N–H and O–H groups in total. The Morgan fingerprint density at radius 2 is 1.95 bits per heavy atom. The summed E-state index contributed by atoms with van der Waals surface area (Å²) in [5, 5.41) is 0. The summed E-state index contributed by atoms with van der Waals surface area (Å²) in [4.78, 5) is 0.0335. The minimum atomic E-state index is -3.80. The van der Waals surface area contributed by atoms with E-state index in [0.717, 1.165) is 31.6 Å². The minimum Gasteiger partial charge on any atom is -0.489 e. The summed E-state index contributed by atoms with van der Waals surface area (Å²) in [5.41, 5.74) is 0. The maximum absolute atomic E-state index is 11.6. The van der Waals surface area contributed by atoms with Crippen LogP contribution in [0.3, 0.4) is 0 Å². The maximum Gasteiger partial charge on any atom is 0.265 e. The van der Waals surface area contributed by atoms with Gasteiger partial charge in [0.25, 0.3) is 9.05 Å². The van der Waals surface area contributed by atoms with Gasteiger partial charge in [0.15, 0.2) is 0 Å². The second-order valence-electron chi connectivity index (χ2n) is 5.20. The summed E-state index contributed by atoms with van der Waals surface area (Å²) < 4.78 is 29.8. The van der Waals surface area contributed by atoms with Crippen LogP contribution in [-0.2, 0) is 9.05 Å². The predicted octanol–water partition coefficient (Wildman–Crippen LogP) is 4.72. The summed E-state index contributed by atoms with van der Waals surface area (Å²) in [6.45, 7) is 2.21. The molecule has 1 aromatic rings. The van der Waals surface area contributed by atoms with Crippen molar-refractivity contribution in [1.82, 2.24) is 0 Å². The molecule has 0 unspecified atom stereocenters. The molecular formula is C14H18BrClO3S. The summed E-state index contributed by atoms with van der Waals surface area (Å²) in [6, 6.07) is 4.90. The zero-order valence-corrected chi connectivity index (χ0v) is 14.5. The quantitative estimate of drug-likeness (QED) is 0.708. The highest BCUT2D eigenvalue weighted by Crippen LogP contribution is 2.34. The van der Waals surface area contributed by atoms with Crippen LogP contribution in [-0.4, -0.2) is 14.5 Å². The highest BCUT2D eigenvalue weighted by Gasteiger charge is 2.24. The van der Waals surface area contributed by atoms with Crippen molar-refractivity contribution in [1.29, 1.82) is 0 Å². The van der Waals surface area contributed by atoms with Gasteiger partial charge in [0.2, 0.25) is 0 Å². The first-order chi connectivity index (χ1) is 9.40. The van der Waals surface area contributed by atoms with E-state index in [4.69, 9.17) is 15.4 Å². The highest BCUT2D eigenvalue weighted by molar-refractivity contribution is 9.10. The largest absolute Gasteiger partial charge is 0.489 e. The molecule has 0 bridgehead atoms. The Bertz CT molecular complexity index is 566. The third-order valence-corrected chi connectivity index (χ3v) is 5.67. The lowest BCUT2D eigenvalue weighted by Gasteiger charge is -2.28. The standard InChI is InChI=1S/C14H18BrClO3S/c1-2-10-3-6-12(7-4-10)19-13-8-5-11(15)9-14(13)20(16,17)18/h5,8-10,12H,2-4,6-7H2,1H3. The molecule has 0 amide bonds. The zero-order chi connectivity index (χ0) is 14.8. The molecule has 0 aliphatic heterocycles. The molecule has 20 heavy (non-hydrogen) atoms. The van der Waals surface area contributed by atoms with Crippen molar-refractivity contribution in [2.75, 3.05) is 0 Å². The summed E-state index contributed by atoms with van der Waals surface area (Å²) in [5.74, 6) is 1.12. The molecule has 1 fully saturated rings.